The fourth-order valence-corrected chi connectivity index (χ4v) is 4.69. The molecule has 0 radical (unpaired) electrons. The number of carbonyl (C=O) groups is 1. The van der Waals surface area contributed by atoms with Gasteiger partial charge in [0.25, 0.3) is 0 Å². The second-order valence-electron chi connectivity index (χ2n) is 6.89. The van der Waals surface area contributed by atoms with Crippen LogP contribution in [0.5, 0.6) is 5.75 Å². The SMILES string of the molecule is CCOC(=O)c1c(Br)c(COc2ccc(N3CCN(S(C)(=O)=O)CC3)cc2)nn1C. The first-order chi connectivity index (χ1) is 14.2. The molecule has 0 aliphatic carbocycles. The third-order valence-corrected chi connectivity index (χ3v) is 6.95. The van der Waals surface area contributed by atoms with Gasteiger partial charge >= 0.3 is 5.97 Å². The molecule has 1 aromatic heterocycles. The molecule has 0 bridgehead atoms. The van der Waals surface area contributed by atoms with Crippen molar-refractivity contribution in [2.45, 2.75) is 13.5 Å². The zero-order valence-electron chi connectivity index (χ0n) is 17.2. The van der Waals surface area contributed by atoms with Gasteiger partial charge in [0.15, 0.2) is 5.69 Å². The Morgan fingerprint density at radius 1 is 1.17 bits per heavy atom. The monoisotopic (exact) mass is 500 g/mol. The zero-order valence-corrected chi connectivity index (χ0v) is 19.6. The minimum absolute atomic E-state index is 0.195. The number of ether oxygens (including phenoxy) is 2. The third kappa shape index (κ3) is 5.13. The average molecular weight is 501 g/mol. The predicted octanol–water partition coefficient (Wildman–Crippen LogP) is 2.02. The standard InChI is InChI=1S/C19H25BrN4O5S/c1-4-28-19(25)18-17(20)16(21-22(18)2)13-29-15-7-5-14(6-8-15)23-9-11-24(12-10-23)30(3,26)27/h5-8H,4,9-13H2,1-3H3. The van der Waals surface area contributed by atoms with Gasteiger partial charge < -0.3 is 14.4 Å². The van der Waals surface area contributed by atoms with Crippen LogP contribution in [0.15, 0.2) is 28.7 Å². The molecule has 0 saturated carbocycles. The molecule has 30 heavy (non-hydrogen) atoms. The maximum Gasteiger partial charge on any atom is 0.357 e. The van der Waals surface area contributed by atoms with Crippen LogP contribution in [0.4, 0.5) is 5.69 Å². The van der Waals surface area contributed by atoms with Crippen molar-refractivity contribution in [3.63, 3.8) is 0 Å². The third-order valence-electron chi connectivity index (χ3n) is 4.81. The number of carbonyl (C=O) groups excluding carboxylic acids is 1. The Bertz CT molecular complexity index is 999. The van der Waals surface area contributed by atoms with Crippen LogP contribution < -0.4 is 9.64 Å². The van der Waals surface area contributed by atoms with Crippen LogP contribution in [0, 0.1) is 0 Å². The van der Waals surface area contributed by atoms with Gasteiger partial charge in [-0.2, -0.15) is 9.40 Å². The summed E-state index contributed by atoms with van der Waals surface area (Å²) < 4.78 is 37.7. The Balaban J connectivity index is 1.60. The molecule has 0 spiro atoms. The van der Waals surface area contributed by atoms with Gasteiger partial charge in [0.2, 0.25) is 10.0 Å². The first kappa shape index (κ1) is 22.6. The Morgan fingerprint density at radius 2 is 1.80 bits per heavy atom. The zero-order chi connectivity index (χ0) is 21.9. The fraction of sp³-hybridized carbons (Fsp3) is 0.474. The summed E-state index contributed by atoms with van der Waals surface area (Å²) in [5.41, 5.74) is 1.96. The summed E-state index contributed by atoms with van der Waals surface area (Å²) in [6.07, 6.45) is 1.24. The number of hydrogen-bond acceptors (Lipinski definition) is 7. The van der Waals surface area contributed by atoms with E-state index in [2.05, 4.69) is 25.9 Å². The highest BCUT2D eigenvalue weighted by Crippen LogP contribution is 2.25. The second kappa shape index (κ2) is 9.36. The molecular weight excluding hydrogens is 476 g/mol. The summed E-state index contributed by atoms with van der Waals surface area (Å²) >= 11 is 3.41. The summed E-state index contributed by atoms with van der Waals surface area (Å²) in [6, 6.07) is 7.62. The van der Waals surface area contributed by atoms with Crippen molar-refractivity contribution in [3.8, 4) is 5.75 Å². The van der Waals surface area contributed by atoms with E-state index in [9.17, 15) is 13.2 Å². The molecule has 164 valence electrons. The molecule has 2 heterocycles. The highest BCUT2D eigenvalue weighted by atomic mass is 79.9. The van der Waals surface area contributed by atoms with Crippen molar-refractivity contribution < 1.29 is 22.7 Å². The van der Waals surface area contributed by atoms with E-state index >= 15 is 0 Å². The fourth-order valence-electron chi connectivity index (χ4n) is 3.25. The van der Waals surface area contributed by atoms with Crippen molar-refractivity contribution in [1.82, 2.24) is 14.1 Å². The number of halogens is 1. The summed E-state index contributed by atoms with van der Waals surface area (Å²) in [7, 11) is -1.46. The lowest BCUT2D eigenvalue weighted by Gasteiger charge is -2.34. The van der Waals surface area contributed by atoms with E-state index in [1.165, 1.54) is 15.2 Å². The molecule has 11 heteroatoms. The van der Waals surface area contributed by atoms with Gasteiger partial charge in [-0.3, -0.25) is 4.68 Å². The number of sulfonamides is 1. The number of hydrogen-bond donors (Lipinski definition) is 0. The van der Waals surface area contributed by atoms with Crippen molar-refractivity contribution in [2.75, 3.05) is 43.9 Å². The molecular formula is C19H25BrN4O5S. The molecule has 1 aliphatic rings. The van der Waals surface area contributed by atoms with Crippen molar-refractivity contribution in [2.24, 2.45) is 7.05 Å². The van der Waals surface area contributed by atoms with Crippen LogP contribution >= 0.6 is 15.9 Å². The Morgan fingerprint density at radius 3 is 2.37 bits per heavy atom. The van der Waals surface area contributed by atoms with Gasteiger partial charge in [-0.05, 0) is 47.1 Å². The smallest absolute Gasteiger partial charge is 0.357 e. The number of aromatic nitrogens is 2. The quantitative estimate of drug-likeness (QED) is 0.536. The van der Waals surface area contributed by atoms with E-state index in [-0.39, 0.29) is 13.2 Å². The summed E-state index contributed by atoms with van der Waals surface area (Å²) in [5.74, 6) is 0.231. The summed E-state index contributed by atoms with van der Waals surface area (Å²) in [6.45, 7) is 4.48. The first-order valence-electron chi connectivity index (χ1n) is 9.52. The van der Waals surface area contributed by atoms with Crippen LogP contribution in [-0.4, -0.2) is 67.5 Å². The minimum Gasteiger partial charge on any atom is -0.487 e. The van der Waals surface area contributed by atoms with Gasteiger partial charge in [0.05, 0.1) is 17.3 Å². The molecule has 1 aliphatic heterocycles. The highest BCUT2D eigenvalue weighted by Gasteiger charge is 2.24. The van der Waals surface area contributed by atoms with Crippen molar-refractivity contribution in [1.29, 1.82) is 0 Å². The Kier molecular flexibility index (Phi) is 7.04. The Labute approximate surface area is 184 Å². The lowest BCUT2D eigenvalue weighted by Crippen LogP contribution is -2.48. The largest absolute Gasteiger partial charge is 0.487 e. The number of piperazine rings is 1. The number of aryl methyl sites for hydroxylation is 1. The lowest BCUT2D eigenvalue weighted by atomic mass is 10.2. The van der Waals surface area contributed by atoms with Gasteiger partial charge in [0.1, 0.15) is 18.1 Å². The van der Waals surface area contributed by atoms with E-state index in [1.54, 1.807) is 14.0 Å². The molecule has 1 fully saturated rings. The highest BCUT2D eigenvalue weighted by molar-refractivity contribution is 9.10. The van der Waals surface area contributed by atoms with Gasteiger partial charge in [-0.25, -0.2) is 13.2 Å². The van der Waals surface area contributed by atoms with Gasteiger partial charge in [0, 0.05) is 38.9 Å². The van der Waals surface area contributed by atoms with E-state index in [1.807, 2.05) is 24.3 Å². The minimum atomic E-state index is -3.14. The number of benzene rings is 1. The van der Waals surface area contributed by atoms with E-state index < -0.39 is 16.0 Å². The number of anilines is 1. The molecule has 0 N–H and O–H groups in total. The van der Waals surface area contributed by atoms with E-state index in [0.717, 1.165) is 5.69 Å². The number of nitrogens with zero attached hydrogens (tertiary/aromatic N) is 4. The molecule has 0 amide bonds. The topological polar surface area (TPSA) is 94.0 Å². The van der Waals surface area contributed by atoms with Crippen LogP contribution in [0.2, 0.25) is 0 Å². The van der Waals surface area contributed by atoms with Crippen molar-refractivity contribution in [3.05, 3.63) is 40.1 Å². The normalized spacial score (nSPS) is 15.3. The molecule has 3 rings (SSSR count). The maximum absolute atomic E-state index is 12.0. The second-order valence-corrected chi connectivity index (χ2v) is 9.66. The number of esters is 1. The van der Waals surface area contributed by atoms with Crippen molar-refractivity contribution >= 4 is 37.6 Å². The van der Waals surface area contributed by atoms with Crippen LogP contribution in [0.25, 0.3) is 0 Å². The van der Waals surface area contributed by atoms with Crippen LogP contribution in [0.1, 0.15) is 23.1 Å². The van der Waals surface area contributed by atoms with Gasteiger partial charge in [-0.15, -0.1) is 0 Å². The maximum atomic E-state index is 12.0. The van der Waals surface area contributed by atoms with E-state index in [4.69, 9.17) is 9.47 Å². The molecule has 0 atom stereocenters. The first-order valence-corrected chi connectivity index (χ1v) is 12.2. The molecule has 1 aromatic carbocycles. The average Bonchev–Trinajstić information content (AvgIpc) is 2.99. The summed E-state index contributed by atoms with van der Waals surface area (Å²) in [4.78, 5) is 14.2. The molecule has 2 aromatic rings. The molecule has 9 nitrogen and oxygen atoms in total. The lowest BCUT2D eigenvalue weighted by molar-refractivity contribution is 0.0512. The van der Waals surface area contributed by atoms with Crippen LogP contribution in [-0.2, 0) is 28.4 Å². The molecule has 0 unspecified atom stereocenters. The predicted molar refractivity (Wildman–Crippen MR) is 116 cm³/mol. The number of rotatable bonds is 7. The summed E-state index contributed by atoms with van der Waals surface area (Å²) in [5, 5.41) is 4.33. The Hall–Kier alpha value is -2.11. The van der Waals surface area contributed by atoms with E-state index in [0.29, 0.717) is 47.8 Å². The molecule has 1 saturated heterocycles. The van der Waals surface area contributed by atoms with Gasteiger partial charge in [-0.1, -0.05) is 0 Å². The van der Waals surface area contributed by atoms with Crippen LogP contribution in [0.3, 0.4) is 0 Å².